The fraction of sp³-hybridized carbons (Fsp3) is 0.462. The number of hydrogen-bond donors (Lipinski definition) is 1. The van der Waals surface area contributed by atoms with E-state index in [-0.39, 0.29) is 5.56 Å². The maximum absolute atomic E-state index is 13.7. The topological polar surface area (TPSA) is 38.3 Å². The molecule has 0 aliphatic heterocycles. The van der Waals surface area contributed by atoms with Gasteiger partial charge in [-0.3, -0.25) is 0 Å². The summed E-state index contributed by atoms with van der Waals surface area (Å²) in [6, 6.07) is -0.00772. The Kier molecular flexibility index (Phi) is 4.09. The van der Waals surface area contributed by atoms with Crippen LogP contribution in [0.5, 0.6) is 0 Å². The number of hydrogen-bond acceptors (Lipinski definition) is 3. The molecule has 1 aliphatic carbocycles. The fourth-order valence-corrected chi connectivity index (χ4v) is 1.80. The number of methoxy groups -OCH3 is 1. The maximum Gasteiger partial charge on any atom is 0.327 e. The number of carbonyl (C=O) groups is 1. The average Bonchev–Trinajstić information content (AvgIpc) is 3.19. The van der Waals surface area contributed by atoms with E-state index in [1.54, 1.807) is 0 Å². The summed E-state index contributed by atoms with van der Waals surface area (Å²) in [6.45, 7) is 0.512. The second kappa shape index (κ2) is 5.61. The second-order valence-corrected chi connectivity index (χ2v) is 4.60. The zero-order valence-electron chi connectivity index (χ0n) is 10.4. The minimum atomic E-state index is -1.29. The first-order chi connectivity index (χ1) is 9.02. The van der Waals surface area contributed by atoms with Crippen molar-refractivity contribution in [3.8, 4) is 0 Å². The summed E-state index contributed by atoms with van der Waals surface area (Å²) in [4.78, 5) is 11.6. The van der Waals surface area contributed by atoms with Crippen LogP contribution in [-0.4, -0.2) is 19.6 Å². The zero-order valence-corrected chi connectivity index (χ0v) is 10.4. The summed E-state index contributed by atoms with van der Waals surface area (Å²) >= 11 is 0. The van der Waals surface area contributed by atoms with Crippen LogP contribution in [-0.2, 0) is 9.53 Å². The van der Waals surface area contributed by atoms with Crippen LogP contribution in [0.3, 0.4) is 0 Å². The number of nitrogens with one attached hydrogen (secondary N) is 1. The minimum absolute atomic E-state index is 0.244. The van der Waals surface area contributed by atoms with E-state index in [0.29, 0.717) is 24.6 Å². The molecule has 1 fully saturated rings. The van der Waals surface area contributed by atoms with Gasteiger partial charge in [-0.2, -0.15) is 0 Å². The first-order valence-corrected chi connectivity index (χ1v) is 5.98. The fourth-order valence-electron chi connectivity index (χ4n) is 1.80. The molecule has 1 aromatic carbocycles. The summed E-state index contributed by atoms with van der Waals surface area (Å²) in [7, 11) is 1.16. The largest absolute Gasteiger partial charge is 0.468 e. The van der Waals surface area contributed by atoms with E-state index >= 15 is 0 Å². The summed E-state index contributed by atoms with van der Waals surface area (Å²) in [5.41, 5.74) is -0.244. The summed E-state index contributed by atoms with van der Waals surface area (Å²) in [5, 5.41) is 2.83. The van der Waals surface area contributed by atoms with Crippen molar-refractivity contribution in [1.29, 1.82) is 0 Å². The molecule has 1 aromatic rings. The lowest BCUT2D eigenvalue weighted by molar-refractivity contribution is -0.143. The van der Waals surface area contributed by atoms with Crippen molar-refractivity contribution in [2.24, 2.45) is 5.92 Å². The first-order valence-electron chi connectivity index (χ1n) is 5.98. The monoisotopic (exact) mass is 273 g/mol. The van der Waals surface area contributed by atoms with Crippen LogP contribution >= 0.6 is 0 Å². The smallest absolute Gasteiger partial charge is 0.327 e. The number of ether oxygens (including phenoxy) is 1. The SMILES string of the molecule is COC(=O)C(NCC1CC1)c1cc(F)c(F)cc1F. The molecule has 6 heteroatoms. The Labute approximate surface area is 108 Å². The van der Waals surface area contributed by atoms with Crippen molar-refractivity contribution in [3.63, 3.8) is 0 Å². The normalized spacial score (nSPS) is 16.2. The molecule has 104 valence electrons. The standard InChI is InChI=1S/C13H14F3NO2/c1-19-13(18)12(17-6-7-2-3-7)8-4-10(15)11(16)5-9(8)14/h4-5,7,12,17H,2-3,6H2,1H3. The Morgan fingerprint density at radius 2 is 1.95 bits per heavy atom. The van der Waals surface area contributed by atoms with Gasteiger partial charge in [-0.25, -0.2) is 18.0 Å². The van der Waals surface area contributed by atoms with Crippen molar-refractivity contribution >= 4 is 5.97 Å². The van der Waals surface area contributed by atoms with Crippen molar-refractivity contribution < 1.29 is 22.7 Å². The second-order valence-electron chi connectivity index (χ2n) is 4.60. The van der Waals surface area contributed by atoms with E-state index in [0.717, 1.165) is 20.0 Å². The number of rotatable bonds is 5. The lowest BCUT2D eigenvalue weighted by Gasteiger charge is -2.17. The van der Waals surface area contributed by atoms with Gasteiger partial charge in [-0.15, -0.1) is 0 Å². The third-order valence-corrected chi connectivity index (χ3v) is 3.10. The van der Waals surface area contributed by atoms with E-state index in [1.165, 1.54) is 0 Å². The lowest BCUT2D eigenvalue weighted by Crippen LogP contribution is -2.32. The van der Waals surface area contributed by atoms with Gasteiger partial charge in [0.05, 0.1) is 7.11 Å². The van der Waals surface area contributed by atoms with Gasteiger partial charge < -0.3 is 10.1 Å². The molecule has 1 aliphatic rings. The first kappa shape index (κ1) is 13.9. The summed E-state index contributed by atoms with van der Waals surface area (Å²) in [6.07, 6.45) is 2.09. The van der Waals surface area contributed by atoms with Gasteiger partial charge in [-0.1, -0.05) is 0 Å². The van der Waals surface area contributed by atoms with Crippen molar-refractivity contribution in [2.45, 2.75) is 18.9 Å². The highest BCUT2D eigenvalue weighted by Gasteiger charge is 2.29. The molecule has 0 spiro atoms. The summed E-state index contributed by atoms with van der Waals surface area (Å²) in [5.74, 6) is -3.74. The highest BCUT2D eigenvalue weighted by molar-refractivity contribution is 5.77. The van der Waals surface area contributed by atoms with Crippen molar-refractivity contribution in [3.05, 3.63) is 35.1 Å². The maximum atomic E-state index is 13.7. The van der Waals surface area contributed by atoms with Crippen LogP contribution in [0.25, 0.3) is 0 Å². The molecule has 19 heavy (non-hydrogen) atoms. The van der Waals surface area contributed by atoms with Crippen LogP contribution in [0.2, 0.25) is 0 Å². The van der Waals surface area contributed by atoms with Crippen LogP contribution in [0, 0.1) is 23.4 Å². The Morgan fingerprint density at radius 1 is 1.32 bits per heavy atom. The molecule has 0 heterocycles. The molecule has 1 unspecified atom stereocenters. The molecule has 0 bridgehead atoms. The quantitative estimate of drug-likeness (QED) is 0.661. The number of esters is 1. The summed E-state index contributed by atoms with van der Waals surface area (Å²) < 4.78 is 44.3. The van der Waals surface area contributed by atoms with Crippen molar-refractivity contribution in [1.82, 2.24) is 5.32 Å². The predicted molar refractivity (Wildman–Crippen MR) is 61.8 cm³/mol. The van der Waals surface area contributed by atoms with E-state index in [1.807, 2.05) is 0 Å². The van der Waals surface area contributed by atoms with Crippen LogP contribution in [0.15, 0.2) is 12.1 Å². The van der Waals surface area contributed by atoms with Gasteiger partial charge in [0.2, 0.25) is 0 Å². The van der Waals surface area contributed by atoms with Gasteiger partial charge >= 0.3 is 5.97 Å². The molecule has 0 aromatic heterocycles. The minimum Gasteiger partial charge on any atom is -0.468 e. The third-order valence-electron chi connectivity index (χ3n) is 3.10. The van der Waals surface area contributed by atoms with Crippen LogP contribution < -0.4 is 5.32 Å². The highest BCUT2D eigenvalue weighted by atomic mass is 19.2. The molecule has 0 saturated heterocycles. The average molecular weight is 273 g/mol. The molecule has 1 atom stereocenters. The Balaban J connectivity index is 2.25. The predicted octanol–water partition coefficient (Wildman–Crippen LogP) is 2.32. The Bertz CT molecular complexity index is 489. The number of benzene rings is 1. The highest BCUT2D eigenvalue weighted by Crippen LogP contribution is 2.29. The molecule has 0 amide bonds. The Hall–Kier alpha value is -1.56. The lowest BCUT2D eigenvalue weighted by atomic mass is 10.1. The van der Waals surface area contributed by atoms with E-state index in [9.17, 15) is 18.0 Å². The third kappa shape index (κ3) is 3.26. The molecule has 1 saturated carbocycles. The molecule has 3 nitrogen and oxygen atoms in total. The van der Waals surface area contributed by atoms with Gasteiger partial charge in [0, 0.05) is 11.6 Å². The molecule has 1 N–H and O–H groups in total. The van der Waals surface area contributed by atoms with Crippen molar-refractivity contribution in [2.75, 3.05) is 13.7 Å². The van der Waals surface area contributed by atoms with Gasteiger partial charge in [-0.05, 0) is 31.4 Å². The van der Waals surface area contributed by atoms with Gasteiger partial charge in [0.25, 0.3) is 0 Å². The van der Waals surface area contributed by atoms with E-state index in [4.69, 9.17) is 0 Å². The van der Waals surface area contributed by atoms with E-state index in [2.05, 4.69) is 10.1 Å². The molecule has 2 rings (SSSR count). The number of carbonyl (C=O) groups excluding carboxylic acids is 1. The number of halogens is 3. The molecular weight excluding hydrogens is 259 g/mol. The van der Waals surface area contributed by atoms with Crippen LogP contribution in [0.1, 0.15) is 24.4 Å². The van der Waals surface area contributed by atoms with Gasteiger partial charge in [0.15, 0.2) is 11.6 Å². The molecule has 0 radical (unpaired) electrons. The van der Waals surface area contributed by atoms with Crippen LogP contribution in [0.4, 0.5) is 13.2 Å². The zero-order chi connectivity index (χ0) is 14.0. The van der Waals surface area contributed by atoms with E-state index < -0.39 is 29.5 Å². The molecular formula is C13H14F3NO2. The Morgan fingerprint density at radius 3 is 2.53 bits per heavy atom. The van der Waals surface area contributed by atoms with Gasteiger partial charge in [0.1, 0.15) is 11.9 Å².